The Labute approximate surface area is 147 Å². The first-order valence-electron chi connectivity index (χ1n) is 8.30. The van der Waals surface area contributed by atoms with Crippen LogP contribution in [0.3, 0.4) is 0 Å². The molecule has 2 heterocycles. The standard InChI is InChI=1S/C18H22N4O3/c1-13-19-10-7-17(20-13)25-16-8-11-22(12-9-16)18(23)21-14-3-5-15(24-2)6-4-14/h3-7,10,16H,8-9,11-12H2,1-2H3,(H,21,23). The van der Waals surface area contributed by atoms with E-state index in [2.05, 4.69) is 15.3 Å². The Morgan fingerprint density at radius 3 is 2.56 bits per heavy atom. The van der Waals surface area contributed by atoms with E-state index in [1.54, 1.807) is 24.3 Å². The molecule has 0 radical (unpaired) electrons. The molecular formula is C18H22N4O3. The molecule has 0 aliphatic carbocycles. The second-order valence-corrected chi connectivity index (χ2v) is 5.91. The Kier molecular flexibility index (Phi) is 5.33. The molecule has 1 saturated heterocycles. The van der Waals surface area contributed by atoms with Crippen molar-refractivity contribution in [3.05, 3.63) is 42.4 Å². The maximum absolute atomic E-state index is 12.4. The average molecular weight is 342 g/mol. The van der Waals surface area contributed by atoms with Crippen molar-refractivity contribution in [2.24, 2.45) is 0 Å². The number of carbonyl (C=O) groups is 1. The van der Waals surface area contributed by atoms with Gasteiger partial charge in [0.25, 0.3) is 0 Å². The molecule has 132 valence electrons. The molecule has 0 bridgehead atoms. The first kappa shape index (κ1) is 17.0. The number of benzene rings is 1. The van der Waals surface area contributed by atoms with Gasteiger partial charge in [0.15, 0.2) is 0 Å². The molecule has 25 heavy (non-hydrogen) atoms. The number of hydrogen-bond acceptors (Lipinski definition) is 5. The zero-order valence-electron chi connectivity index (χ0n) is 14.4. The molecule has 3 rings (SSSR count). The molecule has 1 N–H and O–H groups in total. The van der Waals surface area contributed by atoms with Crippen molar-refractivity contribution in [2.45, 2.75) is 25.9 Å². The summed E-state index contributed by atoms with van der Waals surface area (Å²) < 4.78 is 11.0. The molecule has 7 nitrogen and oxygen atoms in total. The highest BCUT2D eigenvalue weighted by atomic mass is 16.5. The largest absolute Gasteiger partial charge is 0.497 e. The van der Waals surface area contributed by atoms with Crippen molar-refractivity contribution in [1.29, 1.82) is 0 Å². The average Bonchev–Trinajstić information content (AvgIpc) is 2.63. The monoisotopic (exact) mass is 342 g/mol. The predicted octanol–water partition coefficient (Wildman–Crippen LogP) is 2.87. The number of aryl methyl sites for hydroxylation is 1. The zero-order valence-corrected chi connectivity index (χ0v) is 14.4. The van der Waals surface area contributed by atoms with Gasteiger partial charge in [0.05, 0.1) is 7.11 Å². The topological polar surface area (TPSA) is 76.6 Å². The minimum Gasteiger partial charge on any atom is -0.497 e. The number of ether oxygens (including phenoxy) is 2. The number of nitrogens with one attached hydrogen (secondary N) is 1. The molecule has 1 aliphatic heterocycles. The van der Waals surface area contributed by atoms with Crippen LogP contribution in [0.15, 0.2) is 36.5 Å². The number of hydrogen-bond donors (Lipinski definition) is 1. The van der Waals surface area contributed by atoms with Crippen molar-refractivity contribution < 1.29 is 14.3 Å². The molecule has 0 spiro atoms. The lowest BCUT2D eigenvalue weighted by Crippen LogP contribution is -2.43. The van der Waals surface area contributed by atoms with Gasteiger partial charge >= 0.3 is 6.03 Å². The van der Waals surface area contributed by atoms with E-state index < -0.39 is 0 Å². The van der Waals surface area contributed by atoms with E-state index in [0.717, 1.165) is 24.3 Å². The Hall–Kier alpha value is -2.83. The molecule has 1 aromatic heterocycles. The van der Waals surface area contributed by atoms with Gasteiger partial charge < -0.3 is 19.7 Å². The molecule has 2 aromatic rings. The quantitative estimate of drug-likeness (QED) is 0.924. The van der Waals surface area contributed by atoms with Crippen LogP contribution in [0, 0.1) is 6.92 Å². The third kappa shape index (κ3) is 4.59. The van der Waals surface area contributed by atoms with E-state index in [1.165, 1.54) is 0 Å². The second kappa shape index (κ2) is 7.83. The Morgan fingerprint density at radius 2 is 1.92 bits per heavy atom. The lowest BCUT2D eigenvalue weighted by Gasteiger charge is -2.31. The molecule has 1 aliphatic rings. The number of amides is 2. The maximum Gasteiger partial charge on any atom is 0.321 e. The van der Waals surface area contributed by atoms with Crippen LogP contribution in [-0.4, -0.2) is 47.2 Å². The van der Waals surface area contributed by atoms with E-state index >= 15 is 0 Å². The fourth-order valence-electron chi connectivity index (χ4n) is 2.72. The summed E-state index contributed by atoms with van der Waals surface area (Å²) in [7, 11) is 1.61. The van der Waals surface area contributed by atoms with Crippen LogP contribution in [0.2, 0.25) is 0 Å². The molecular weight excluding hydrogens is 320 g/mol. The van der Waals surface area contributed by atoms with Gasteiger partial charge in [-0.15, -0.1) is 0 Å². The smallest absolute Gasteiger partial charge is 0.321 e. The van der Waals surface area contributed by atoms with Gasteiger partial charge in [0.2, 0.25) is 5.88 Å². The number of rotatable bonds is 4. The highest BCUT2D eigenvalue weighted by Crippen LogP contribution is 2.19. The highest BCUT2D eigenvalue weighted by Gasteiger charge is 2.24. The number of carbonyl (C=O) groups excluding carboxylic acids is 1. The van der Waals surface area contributed by atoms with E-state index in [9.17, 15) is 4.79 Å². The molecule has 7 heteroatoms. The fourth-order valence-corrected chi connectivity index (χ4v) is 2.72. The summed E-state index contributed by atoms with van der Waals surface area (Å²) in [5.74, 6) is 2.04. The van der Waals surface area contributed by atoms with Gasteiger partial charge in [0, 0.05) is 43.9 Å². The number of methoxy groups -OCH3 is 1. The van der Waals surface area contributed by atoms with E-state index in [4.69, 9.17) is 9.47 Å². The number of nitrogens with zero attached hydrogens (tertiary/aromatic N) is 3. The highest BCUT2D eigenvalue weighted by molar-refractivity contribution is 5.89. The molecule has 0 unspecified atom stereocenters. The number of likely N-dealkylation sites (tertiary alicyclic amines) is 1. The Morgan fingerprint density at radius 1 is 1.20 bits per heavy atom. The van der Waals surface area contributed by atoms with Gasteiger partial charge in [-0.25, -0.2) is 9.78 Å². The minimum atomic E-state index is -0.0958. The van der Waals surface area contributed by atoms with Crippen molar-refractivity contribution >= 4 is 11.7 Å². The van der Waals surface area contributed by atoms with Gasteiger partial charge in [-0.2, -0.15) is 4.98 Å². The summed E-state index contributed by atoms with van der Waals surface area (Å²) in [6.45, 7) is 3.13. The van der Waals surface area contributed by atoms with Crippen LogP contribution in [0.25, 0.3) is 0 Å². The van der Waals surface area contributed by atoms with Crippen LogP contribution >= 0.6 is 0 Å². The number of piperidine rings is 1. The SMILES string of the molecule is COc1ccc(NC(=O)N2CCC(Oc3ccnc(C)n3)CC2)cc1. The zero-order chi connectivity index (χ0) is 17.6. The maximum atomic E-state index is 12.4. The Bertz CT molecular complexity index is 713. The summed E-state index contributed by atoms with van der Waals surface area (Å²) in [5.41, 5.74) is 0.751. The third-order valence-corrected chi connectivity index (χ3v) is 4.11. The van der Waals surface area contributed by atoms with E-state index in [-0.39, 0.29) is 12.1 Å². The summed E-state index contributed by atoms with van der Waals surface area (Å²) >= 11 is 0. The van der Waals surface area contributed by atoms with Gasteiger partial charge in [-0.1, -0.05) is 0 Å². The lowest BCUT2D eigenvalue weighted by molar-refractivity contribution is 0.111. The minimum absolute atomic E-state index is 0.0688. The molecule has 1 fully saturated rings. The summed E-state index contributed by atoms with van der Waals surface area (Å²) in [5, 5.41) is 2.90. The molecule has 1 aromatic carbocycles. The second-order valence-electron chi connectivity index (χ2n) is 5.91. The lowest BCUT2D eigenvalue weighted by atomic mass is 10.1. The first-order chi connectivity index (χ1) is 12.1. The normalized spacial score (nSPS) is 14.9. The van der Waals surface area contributed by atoms with E-state index in [0.29, 0.717) is 24.8 Å². The number of urea groups is 1. The van der Waals surface area contributed by atoms with Crippen LogP contribution in [-0.2, 0) is 0 Å². The molecule has 2 amide bonds. The molecule has 0 saturated carbocycles. The van der Waals surface area contributed by atoms with Crippen LogP contribution < -0.4 is 14.8 Å². The van der Waals surface area contributed by atoms with Crippen LogP contribution in [0.1, 0.15) is 18.7 Å². The first-order valence-corrected chi connectivity index (χ1v) is 8.30. The van der Waals surface area contributed by atoms with Crippen LogP contribution in [0.4, 0.5) is 10.5 Å². The number of aromatic nitrogens is 2. The number of anilines is 1. The van der Waals surface area contributed by atoms with Crippen molar-refractivity contribution in [1.82, 2.24) is 14.9 Å². The van der Waals surface area contributed by atoms with Gasteiger partial charge in [-0.05, 0) is 31.2 Å². The van der Waals surface area contributed by atoms with Crippen LogP contribution in [0.5, 0.6) is 11.6 Å². The third-order valence-electron chi connectivity index (χ3n) is 4.11. The van der Waals surface area contributed by atoms with Crippen molar-refractivity contribution in [3.8, 4) is 11.6 Å². The molecule has 0 atom stereocenters. The van der Waals surface area contributed by atoms with Gasteiger partial charge in [-0.3, -0.25) is 0 Å². The summed E-state index contributed by atoms with van der Waals surface area (Å²) in [6, 6.07) is 8.95. The summed E-state index contributed by atoms with van der Waals surface area (Å²) in [6.07, 6.45) is 3.31. The van der Waals surface area contributed by atoms with Gasteiger partial charge in [0.1, 0.15) is 17.7 Å². The van der Waals surface area contributed by atoms with Crippen molar-refractivity contribution in [3.63, 3.8) is 0 Å². The van der Waals surface area contributed by atoms with Crippen molar-refractivity contribution in [2.75, 3.05) is 25.5 Å². The van der Waals surface area contributed by atoms with E-state index in [1.807, 2.05) is 31.2 Å². The Balaban J connectivity index is 1.48. The predicted molar refractivity (Wildman–Crippen MR) is 94.0 cm³/mol. The fraction of sp³-hybridized carbons (Fsp3) is 0.389. The summed E-state index contributed by atoms with van der Waals surface area (Å²) in [4.78, 5) is 22.5.